The molecule has 1 unspecified atom stereocenters. The first-order valence-electron chi connectivity index (χ1n) is 7.30. The summed E-state index contributed by atoms with van der Waals surface area (Å²) >= 11 is 0. The number of hydrogen-bond donors (Lipinski definition) is 2. The number of hydrogen-bond acceptors (Lipinski definition) is 4. The average molecular weight is 325 g/mol. The molecule has 1 amide bonds. The van der Waals surface area contributed by atoms with Gasteiger partial charge in [0.25, 0.3) is 0 Å². The van der Waals surface area contributed by atoms with Gasteiger partial charge in [-0.2, -0.15) is 0 Å². The fraction of sp³-hybridized carbons (Fsp3) is 0.533. The number of benzene rings is 1. The molecular weight excluding hydrogens is 302 g/mol. The molecule has 0 radical (unpaired) electrons. The van der Waals surface area contributed by atoms with Crippen LogP contribution in [0.3, 0.4) is 0 Å². The summed E-state index contributed by atoms with van der Waals surface area (Å²) in [5.41, 5.74) is 0.0361. The monoisotopic (exact) mass is 325 g/mol. The smallest absolute Gasteiger partial charge is 0.242 e. The Hall–Kier alpha value is -1.44. The molecule has 1 fully saturated rings. The van der Waals surface area contributed by atoms with Crippen molar-refractivity contribution in [2.24, 2.45) is 5.41 Å². The SMILES string of the molecule is CN(C)S(=O)(=O)c1cccc(NC(=O)C2(C)CCCNC2)c1. The van der Waals surface area contributed by atoms with E-state index in [4.69, 9.17) is 0 Å². The second-order valence-corrected chi connectivity index (χ2v) is 8.26. The lowest BCUT2D eigenvalue weighted by Gasteiger charge is -2.32. The number of amides is 1. The molecule has 1 aliphatic heterocycles. The summed E-state index contributed by atoms with van der Waals surface area (Å²) in [4.78, 5) is 12.6. The number of carbonyl (C=O) groups excluding carboxylic acids is 1. The predicted octanol–water partition coefficient (Wildman–Crippen LogP) is 1.27. The Labute approximate surface area is 131 Å². The largest absolute Gasteiger partial charge is 0.326 e. The zero-order chi connectivity index (χ0) is 16.4. The zero-order valence-electron chi connectivity index (χ0n) is 13.2. The molecule has 2 N–H and O–H groups in total. The van der Waals surface area contributed by atoms with E-state index >= 15 is 0 Å². The lowest BCUT2D eigenvalue weighted by atomic mass is 9.82. The van der Waals surface area contributed by atoms with E-state index in [1.807, 2.05) is 6.92 Å². The van der Waals surface area contributed by atoms with Crippen molar-refractivity contribution in [1.82, 2.24) is 9.62 Å². The van der Waals surface area contributed by atoms with E-state index in [-0.39, 0.29) is 10.8 Å². The predicted molar refractivity (Wildman–Crippen MR) is 86.2 cm³/mol. The lowest BCUT2D eigenvalue weighted by Crippen LogP contribution is -2.46. The van der Waals surface area contributed by atoms with Gasteiger partial charge in [0.2, 0.25) is 15.9 Å². The molecule has 122 valence electrons. The fourth-order valence-electron chi connectivity index (χ4n) is 2.48. The highest BCUT2D eigenvalue weighted by molar-refractivity contribution is 7.89. The van der Waals surface area contributed by atoms with Crippen LogP contribution in [0.5, 0.6) is 0 Å². The number of nitrogens with one attached hydrogen (secondary N) is 2. The number of carbonyl (C=O) groups is 1. The van der Waals surface area contributed by atoms with Gasteiger partial charge in [-0.1, -0.05) is 6.07 Å². The first-order chi connectivity index (χ1) is 10.3. The molecule has 0 aromatic heterocycles. The minimum atomic E-state index is -3.51. The molecule has 6 nitrogen and oxygen atoms in total. The average Bonchev–Trinajstić information content (AvgIpc) is 2.48. The van der Waals surface area contributed by atoms with Crippen LogP contribution in [-0.4, -0.2) is 45.8 Å². The van der Waals surface area contributed by atoms with E-state index < -0.39 is 15.4 Å². The van der Waals surface area contributed by atoms with Crippen molar-refractivity contribution in [3.05, 3.63) is 24.3 Å². The number of anilines is 1. The Kier molecular flexibility index (Phi) is 4.89. The maximum absolute atomic E-state index is 12.5. The van der Waals surface area contributed by atoms with E-state index in [1.165, 1.54) is 26.2 Å². The van der Waals surface area contributed by atoms with E-state index in [9.17, 15) is 13.2 Å². The Bertz CT molecular complexity index is 650. The third kappa shape index (κ3) is 3.48. The quantitative estimate of drug-likeness (QED) is 0.874. The molecule has 0 aliphatic carbocycles. The van der Waals surface area contributed by atoms with Crippen LogP contribution in [0.4, 0.5) is 5.69 Å². The van der Waals surface area contributed by atoms with Crippen molar-refractivity contribution in [1.29, 1.82) is 0 Å². The first kappa shape index (κ1) is 16.9. The molecule has 0 saturated carbocycles. The maximum Gasteiger partial charge on any atom is 0.242 e. The number of piperidine rings is 1. The van der Waals surface area contributed by atoms with E-state index in [2.05, 4.69) is 10.6 Å². The van der Waals surface area contributed by atoms with E-state index in [1.54, 1.807) is 12.1 Å². The summed E-state index contributed by atoms with van der Waals surface area (Å²) in [6.45, 7) is 3.49. The van der Waals surface area contributed by atoms with Crippen LogP contribution in [0.1, 0.15) is 19.8 Å². The molecule has 1 aliphatic rings. The fourth-order valence-corrected chi connectivity index (χ4v) is 3.43. The molecule has 0 spiro atoms. The van der Waals surface area contributed by atoms with Gasteiger partial charge in [0, 0.05) is 26.3 Å². The van der Waals surface area contributed by atoms with Gasteiger partial charge in [-0.05, 0) is 44.5 Å². The van der Waals surface area contributed by atoms with Gasteiger partial charge in [-0.25, -0.2) is 12.7 Å². The van der Waals surface area contributed by atoms with Crippen molar-refractivity contribution in [3.8, 4) is 0 Å². The summed E-state index contributed by atoms with van der Waals surface area (Å²) in [6.07, 6.45) is 1.78. The normalized spacial score (nSPS) is 22.5. The summed E-state index contributed by atoms with van der Waals surface area (Å²) < 4.78 is 25.4. The zero-order valence-corrected chi connectivity index (χ0v) is 14.0. The van der Waals surface area contributed by atoms with Gasteiger partial charge in [-0.15, -0.1) is 0 Å². The third-order valence-electron chi connectivity index (χ3n) is 4.02. The molecular formula is C15H23N3O3S. The van der Waals surface area contributed by atoms with Gasteiger partial charge in [-0.3, -0.25) is 4.79 Å². The third-order valence-corrected chi connectivity index (χ3v) is 5.83. The summed E-state index contributed by atoms with van der Waals surface area (Å²) in [6, 6.07) is 6.35. The van der Waals surface area contributed by atoms with Crippen molar-refractivity contribution in [3.63, 3.8) is 0 Å². The highest BCUT2D eigenvalue weighted by atomic mass is 32.2. The van der Waals surface area contributed by atoms with Gasteiger partial charge >= 0.3 is 0 Å². The Morgan fingerprint density at radius 2 is 2.09 bits per heavy atom. The molecule has 1 saturated heterocycles. The first-order valence-corrected chi connectivity index (χ1v) is 8.74. The van der Waals surface area contributed by atoms with Gasteiger partial charge < -0.3 is 10.6 Å². The molecule has 1 aromatic rings. The standard InChI is InChI=1S/C15H23N3O3S/c1-15(8-5-9-16-11-15)14(19)17-12-6-4-7-13(10-12)22(20,21)18(2)3/h4,6-7,10,16H,5,8-9,11H2,1-3H3,(H,17,19). The van der Waals surface area contributed by atoms with Gasteiger partial charge in [0.05, 0.1) is 10.3 Å². The van der Waals surface area contributed by atoms with Crippen LogP contribution in [0.15, 0.2) is 29.2 Å². The van der Waals surface area contributed by atoms with Crippen molar-refractivity contribution < 1.29 is 13.2 Å². The Morgan fingerprint density at radius 1 is 1.36 bits per heavy atom. The number of nitrogens with zero attached hydrogens (tertiary/aromatic N) is 1. The summed E-state index contributed by atoms with van der Waals surface area (Å²) in [7, 11) is -0.543. The van der Waals surface area contributed by atoms with Crippen LogP contribution in [0.2, 0.25) is 0 Å². The van der Waals surface area contributed by atoms with E-state index in [0.717, 1.165) is 23.7 Å². The number of rotatable bonds is 4. The van der Waals surface area contributed by atoms with Crippen molar-refractivity contribution in [2.75, 3.05) is 32.5 Å². The minimum absolute atomic E-state index is 0.0842. The van der Waals surface area contributed by atoms with Crippen LogP contribution >= 0.6 is 0 Å². The molecule has 1 heterocycles. The molecule has 22 heavy (non-hydrogen) atoms. The topological polar surface area (TPSA) is 78.5 Å². The number of sulfonamides is 1. The Balaban J connectivity index is 2.19. The van der Waals surface area contributed by atoms with Crippen molar-refractivity contribution in [2.45, 2.75) is 24.7 Å². The Morgan fingerprint density at radius 3 is 2.68 bits per heavy atom. The van der Waals surface area contributed by atoms with Crippen LogP contribution in [0.25, 0.3) is 0 Å². The molecule has 7 heteroatoms. The summed E-state index contributed by atoms with van der Waals surface area (Å²) in [5, 5.41) is 6.07. The highest BCUT2D eigenvalue weighted by Crippen LogP contribution is 2.27. The van der Waals surface area contributed by atoms with Crippen molar-refractivity contribution >= 4 is 21.6 Å². The van der Waals surface area contributed by atoms with Gasteiger partial charge in [0.15, 0.2) is 0 Å². The van der Waals surface area contributed by atoms with Crippen LogP contribution in [0, 0.1) is 5.41 Å². The van der Waals surface area contributed by atoms with E-state index in [0.29, 0.717) is 12.2 Å². The van der Waals surface area contributed by atoms with Crippen LogP contribution in [-0.2, 0) is 14.8 Å². The summed E-state index contributed by atoms with van der Waals surface area (Å²) in [5.74, 6) is -0.0842. The minimum Gasteiger partial charge on any atom is -0.326 e. The second kappa shape index (κ2) is 6.36. The van der Waals surface area contributed by atoms with Crippen LogP contribution < -0.4 is 10.6 Å². The molecule has 0 bridgehead atoms. The highest BCUT2D eigenvalue weighted by Gasteiger charge is 2.34. The second-order valence-electron chi connectivity index (χ2n) is 6.11. The molecule has 1 atom stereocenters. The molecule has 1 aromatic carbocycles. The lowest BCUT2D eigenvalue weighted by molar-refractivity contribution is -0.125. The maximum atomic E-state index is 12.5. The molecule has 2 rings (SSSR count). The van der Waals surface area contributed by atoms with Gasteiger partial charge in [0.1, 0.15) is 0 Å².